The van der Waals surface area contributed by atoms with Crippen molar-refractivity contribution < 1.29 is 77.4 Å². The molecule has 5 saturated heterocycles. The van der Waals surface area contributed by atoms with E-state index in [0.29, 0.717) is 62.9 Å². The van der Waals surface area contributed by atoms with E-state index in [1.165, 1.54) is 25.0 Å². The summed E-state index contributed by atoms with van der Waals surface area (Å²) in [6, 6.07) is 3.66. The smallest absolute Gasteiger partial charge is 0.414 e. The van der Waals surface area contributed by atoms with E-state index in [1.54, 1.807) is 77.6 Å². The highest BCUT2D eigenvalue weighted by Gasteiger charge is 2.53. The Hall–Kier alpha value is -3.95. The summed E-state index contributed by atoms with van der Waals surface area (Å²) in [6.07, 6.45) is -5.21. The Kier molecular flexibility index (Phi) is 20.7. The molecule has 5 N–H and O–H groups in total. The molecule has 1 unspecified atom stereocenters. The molecule has 0 saturated carbocycles. The molecular weight excluding hydrogens is 1030 g/mol. The number of cyclic esters (lactones) is 2. The Bertz CT molecular complexity index is 2360. The molecule has 0 bridgehead atoms. The van der Waals surface area contributed by atoms with Crippen LogP contribution in [0.4, 0.5) is 20.6 Å². The van der Waals surface area contributed by atoms with Crippen LogP contribution in [0.25, 0.3) is 6.08 Å². The second kappa shape index (κ2) is 26.1. The van der Waals surface area contributed by atoms with Crippen molar-refractivity contribution in [3.8, 4) is 0 Å². The third kappa shape index (κ3) is 14.5. The molecule has 19 atom stereocenters. The summed E-state index contributed by atoms with van der Waals surface area (Å²) in [6.45, 7) is 20.8. The average Bonchev–Trinajstić information content (AvgIpc) is 4.04. The third-order valence-electron chi connectivity index (χ3n) is 17.2. The van der Waals surface area contributed by atoms with E-state index in [1.807, 2.05) is 48.7 Å². The lowest BCUT2D eigenvalue weighted by Crippen LogP contribution is -2.60. The number of benzene rings is 1. The molecule has 1 aromatic carbocycles. The second-order valence-corrected chi connectivity index (χ2v) is 23.8. The molecule has 1 amide bonds. The summed E-state index contributed by atoms with van der Waals surface area (Å²) in [5, 5.41) is 68.4. The maximum atomic E-state index is 15.2. The first kappa shape index (κ1) is 62.6. The molecular formula is C56H90FN7O15. The van der Waals surface area contributed by atoms with E-state index in [-0.39, 0.29) is 38.3 Å². The fourth-order valence-corrected chi connectivity index (χ4v) is 12.4. The predicted octanol–water partition coefficient (Wildman–Crippen LogP) is 3.58. The lowest BCUT2D eigenvalue weighted by Gasteiger charge is -2.49. The van der Waals surface area contributed by atoms with Crippen molar-refractivity contribution in [2.75, 3.05) is 76.9 Å². The SMILES string of the molecule is CC[C@H]1OC(=O)[C@H](C)[C@@H](O[C@H]2C[C@@](C)(OC)[C@@H](O)[C@H](C)O2)[C@H](C)[C@@H](OC2O[C@H](C)C[C@H](N(C)CC=Cc3cn(C[C@H]4CN(c5ccc(N6CCOCC6)c(F)c5)C(=O)O4)nn3)[C@H]2O)[C@](C)(O)C[C@@H](C)CN(C)[C@H](C)[C@@H](O)[C@]1(C)O. The van der Waals surface area contributed by atoms with E-state index < -0.39 is 126 Å². The largest absolute Gasteiger partial charge is 0.459 e. The number of halogens is 1. The quantitative estimate of drug-likeness (QED) is 0.170. The number of methoxy groups -OCH3 is 1. The minimum atomic E-state index is -1.86. The Morgan fingerprint density at radius 1 is 0.949 bits per heavy atom. The summed E-state index contributed by atoms with van der Waals surface area (Å²) in [7, 11) is 5.19. The molecule has 22 nitrogen and oxygen atoms in total. The molecule has 23 heteroatoms. The first-order valence-electron chi connectivity index (χ1n) is 28.1. The minimum Gasteiger partial charge on any atom is -0.459 e. The molecule has 5 aliphatic rings. The number of carbonyl (C=O) groups excluding carboxylic acids is 2. The van der Waals surface area contributed by atoms with Crippen LogP contribution < -0.4 is 9.80 Å². The zero-order valence-electron chi connectivity index (χ0n) is 48.5. The fraction of sp³-hybridized carbons (Fsp3) is 0.786. The van der Waals surface area contributed by atoms with E-state index in [2.05, 4.69) is 10.3 Å². The number of nitrogens with zero attached hydrogens (tertiary/aromatic N) is 7. The molecule has 5 aliphatic heterocycles. The van der Waals surface area contributed by atoms with Gasteiger partial charge in [0.2, 0.25) is 0 Å². The molecule has 5 fully saturated rings. The van der Waals surface area contributed by atoms with Gasteiger partial charge in [0.1, 0.15) is 47.6 Å². The van der Waals surface area contributed by atoms with E-state index in [0.717, 1.165) is 0 Å². The normalized spacial score (nSPS) is 39.9. The zero-order chi connectivity index (χ0) is 57.9. The summed E-state index contributed by atoms with van der Waals surface area (Å²) in [5.41, 5.74) is -3.20. The highest BCUT2D eigenvalue weighted by atomic mass is 19.1. The van der Waals surface area contributed by atoms with E-state index in [9.17, 15) is 35.1 Å². The van der Waals surface area contributed by atoms with Gasteiger partial charge in [0.05, 0.1) is 85.4 Å². The molecule has 7 rings (SSSR count). The van der Waals surface area contributed by atoms with Gasteiger partial charge in [-0.2, -0.15) is 0 Å². The summed E-state index contributed by atoms with van der Waals surface area (Å²) in [4.78, 5) is 34.7. The standard InChI is InChI=1S/C56H90FN7O15/c1-14-44-56(10,71)48(66)36(6)61(12)28-32(2)26-54(8,70)50(34(4)47(35(5)51(68)77-44)78-45-27-55(9,72-13)49(67)37(7)75-45)79-52-46(65)43(24-33(3)74-52)60(11)19-15-16-38-29-63(59-58-38)30-40-31-64(53(69)76-40)39-17-18-42(41(57)25-39)62-20-22-73-23-21-62/h15-18,25,29,32-37,40,43-50,52,65-67,70-71H,14,19-24,26-28,30-31H2,1-13H3/t32-,33-,34+,35-,36-,37+,40+,43+,44-,45+,46-,47+,48-,49+,50-,52?,54-,55-,56-/m1/s1. The van der Waals surface area contributed by atoms with Gasteiger partial charge >= 0.3 is 12.1 Å². The average molecular weight is 1120 g/mol. The van der Waals surface area contributed by atoms with Crippen LogP contribution in [-0.2, 0) is 49.2 Å². The Morgan fingerprint density at radius 2 is 1.66 bits per heavy atom. The van der Waals surface area contributed by atoms with Gasteiger partial charge < -0.3 is 73.2 Å². The number of hydrogen-bond acceptors (Lipinski definition) is 20. The van der Waals surface area contributed by atoms with Gasteiger partial charge in [-0.3, -0.25) is 14.6 Å². The van der Waals surface area contributed by atoms with Gasteiger partial charge in [-0.1, -0.05) is 32.1 Å². The van der Waals surface area contributed by atoms with Gasteiger partial charge in [0.15, 0.2) is 12.6 Å². The summed E-state index contributed by atoms with van der Waals surface area (Å²) in [5.74, 6) is -3.31. The van der Waals surface area contributed by atoms with Crippen LogP contribution in [0.1, 0.15) is 101 Å². The molecule has 1 aromatic heterocycles. The lowest BCUT2D eigenvalue weighted by atomic mass is 9.77. The molecule has 0 aliphatic carbocycles. The van der Waals surface area contributed by atoms with Crippen molar-refractivity contribution in [3.63, 3.8) is 0 Å². The third-order valence-corrected chi connectivity index (χ3v) is 17.2. The molecule has 6 heterocycles. The van der Waals surface area contributed by atoms with E-state index >= 15 is 4.39 Å². The fourth-order valence-electron chi connectivity index (χ4n) is 12.4. The summed E-state index contributed by atoms with van der Waals surface area (Å²) < 4.78 is 66.1. The second-order valence-electron chi connectivity index (χ2n) is 23.8. The Morgan fingerprint density at radius 3 is 2.33 bits per heavy atom. The van der Waals surface area contributed by atoms with Crippen LogP contribution in [0.3, 0.4) is 0 Å². The number of rotatable bonds is 14. The number of morpholine rings is 1. The van der Waals surface area contributed by atoms with E-state index in [4.69, 9.17) is 37.9 Å². The van der Waals surface area contributed by atoms with Crippen molar-refractivity contribution >= 4 is 29.5 Å². The molecule has 0 spiro atoms. The number of aromatic nitrogens is 3. The van der Waals surface area contributed by atoms with Crippen molar-refractivity contribution in [1.82, 2.24) is 24.8 Å². The maximum absolute atomic E-state index is 15.2. The van der Waals surface area contributed by atoms with Crippen LogP contribution in [-0.4, -0.2) is 226 Å². The van der Waals surface area contributed by atoms with Crippen molar-refractivity contribution in [2.45, 2.75) is 198 Å². The Balaban J connectivity index is 1.07. The van der Waals surface area contributed by atoms with Gasteiger partial charge in [-0.25, -0.2) is 13.9 Å². The maximum Gasteiger partial charge on any atom is 0.414 e. The minimum absolute atomic E-state index is 0.0810. The lowest BCUT2D eigenvalue weighted by molar-refractivity contribution is -0.318. The monoisotopic (exact) mass is 1120 g/mol. The number of hydrogen-bond donors (Lipinski definition) is 5. The van der Waals surface area contributed by atoms with Gasteiger partial charge in [0, 0.05) is 57.7 Å². The van der Waals surface area contributed by atoms with Crippen LogP contribution >= 0.6 is 0 Å². The number of ether oxygens (including phenoxy) is 8. The predicted molar refractivity (Wildman–Crippen MR) is 289 cm³/mol. The number of esters is 1. The molecule has 79 heavy (non-hydrogen) atoms. The van der Waals surface area contributed by atoms with Crippen molar-refractivity contribution in [2.24, 2.45) is 17.8 Å². The number of likely N-dealkylation sites (N-methyl/N-ethyl adjacent to an activating group) is 2. The number of aliphatic hydroxyl groups is 5. The van der Waals surface area contributed by atoms with Crippen molar-refractivity contribution in [1.29, 1.82) is 0 Å². The summed E-state index contributed by atoms with van der Waals surface area (Å²) >= 11 is 0. The topological polar surface area (TPSA) is 253 Å². The Labute approximate surface area is 464 Å². The number of aliphatic hydroxyl groups excluding tert-OH is 3. The van der Waals surface area contributed by atoms with Gasteiger partial charge in [-0.15, -0.1) is 5.10 Å². The van der Waals surface area contributed by atoms with Gasteiger partial charge in [0.25, 0.3) is 0 Å². The number of anilines is 2. The number of amides is 1. The highest BCUT2D eigenvalue weighted by Crippen LogP contribution is 2.41. The first-order valence-corrected chi connectivity index (χ1v) is 28.1. The highest BCUT2D eigenvalue weighted by molar-refractivity contribution is 5.90. The molecule has 2 aromatic rings. The molecule has 446 valence electrons. The van der Waals surface area contributed by atoms with Crippen LogP contribution in [0.15, 0.2) is 30.5 Å². The van der Waals surface area contributed by atoms with Crippen molar-refractivity contribution in [3.05, 3.63) is 42.0 Å². The number of carbonyl (C=O) groups is 2. The molecule has 0 radical (unpaired) electrons. The van der Waals surface area contributed by atoms with Crippen LogP contribution in [0.2, 0.25) is 0 Å². The first-order chi connectivity index (χ1) is 37.2. The van der Waals surface area contributed by atoms with Gasteiger partial charge in [-0.05, 0) is 112 Å². The zero-order valence-corrected chi connectivity index (χ0v) is 48.5. The van der Waals surface area contributed by atoms with Crippen LogP contribution in [0, 0.1) is 23.6 Å². The van der Waals surface area contributed by atoms with Crippen LogP contribution in [0.5, 0.6) is 0 Å².